The summed E-state index contributed by atoms with van der Waals surface area (Å²) in [6.07, 6.45) is 0. The van der Waals surface area contributed by atoms with Crippen LogP contribution in [0.5, 0.6) is 0 Å². The van der Waals surface area contributed by atoms with E-state index < -0.39 is 11.7 Å². The highest BCUT2D eigenvalue weighted by Gasteiger charge is 2.15. The predicted molar refractivity (Wildman–Crippen MR) is 87.8 cm³/mol. The Morgan fingerprint density at radius 1 is 1.24 bits per heavy atom. The molecule has 0 aliphatic carbocycles. The fourth-order valence-electron chi connectivity index (χ4n) is 1.86. The monoisotopic (exact) mass is 370 g/mol. The lowest BCUT2D eigenvalue weighted by Crippen LogP contribution is -2.17. The van der Waals surface area contributed by atoms with Gasteiger partial charge in [0.05, 0.1) is 16.9 Å². The number of rotatable bonds is 3. The van der Waals surface area contributed by atoms with Gasteiger partial charge in [-0.1, -0.05) is 27.5 Å². The summed E-state index contributed by atoms with van der Waals surface area (Å²) in [6, 6.07) is 9.36. The summed E-state index contributed by atoms with van der Waals surface area (Å²) in [7, 11) is 3.69. The van der Waals surface area contributed by atoms with E-state index in [9.17, 15) is 9.18 Å². The van der Waals surface area contributed by atoms with E-state index in [4.69, 9.17) is 11.6 Å². The summed E-state index contributed by atoms with van der Waals surface area (Å²) >= 11 is 9.18. The summed E-state index contributed by atoms with van der Waals surface area (Å²) in [5, 5.41) is 3.18. The molecule has 0 saturated heterocycles. The summed E-state index contributed by atoms with van der Waals surface area (Å²) in [4.78, 5) is 14.1. The second kappa shape index (κ2) is 6.45. The van der Waals surface area contributed by atoms with Crippen LogP contribution < -0.4 is 10.2 Å². The molecule has 3 nitrogen and oxygen atoms in total. The molecule has 1 amide bonds. The molecule has 1 N–H and O–H groups in total. The second-order valence-corrected chi connectivity index (χ2v) is 5.99. The molecular formula is C15H13BrClFN2O. The first kappa shape index (κ1) is 15.8. The zero-order chi connectivity index (χ0) is 15.6. The molecule has 0 aliphatic rings. The van der Waals surface area contributed by atoms with Gasteiger partial charge in [0.15, 0.2) is 0 Å². The van der Waals surface area contributed by atoms with Crippen molar-refractivity contribution in [3.05, 3.63) is 57.3 Å². The van der Waals surface area contributed by atoms with Crippen LogP contribution in [0.15, 0.2) is 40.9 Å². The lowest BCUT2D eigenvalue weighted by Gasteiger charge is -2.18. The maximum absolute atomic E-state index is 13.7. The molecule has 0 saturated carbocycles. The number of benzene rings is 2. The van der Waals surface area contributed by atoms with Crippen molar-refractivity contribution in [2.75, 3.05) is 24.3 Å². The van der Waals surface area contributed by atoms with Crippen molar-refractivity contribution < 1.29 is 9.18 Å². The highest BCUT2D eigenvalue weighted by Crippen LogP contribution is 2.28. The van der Waals surface area contributed by atoms with Crippen molar-refractivity contribution >= 4 is 44.8 Å². The molecule has 6 heteroatoms. The van der Waals surface area contributed by atoms with E-state index in [-0.39, 0.29) is 5.56 Å². The van der Waals surface area contributed by atoms with Crippen LogP contribution in [-0.2, 0) is 0 Å². The average molecular weight is 372 g/mol. The van der Waals surface area contributed by atoms with E-state index in [0.29, 0.717) is 15.2 Å². The fourth-order valence-corrected chi connectivity index (χ4v) is 2.39. The Morgan fingerprint density at radius 3 is 2.62 bits per heavy atom. The molecule has 0 heterocycles. The van der Waals surface area contributed by atoms with Crippen LogP contribution >= 0.6 is 27.5 Å². The Bertz CT molecular complexity index is 691. The molecule has 2 aromatic rings. The van der Waals surface area contributed by atoms with Crippen LogP contribution in [-0.4, -0.2) is 20.0 Å². The van der Waals surface area contributed by atoms with Gasteiger partial charge in [-0.25, -0.2) is 4.39 Å². The first-order valence-electron chi connectivity index (χ1n) is 6.12. The number of nitrogens with zero attached hydrogens (tertiary/aromatic N) is 1. The Labute approximate surface area is 135 Å². The third-order valence-corrected chi connectivity index (χ3v) is 3.59. The Hall–Kier alpha value is -1.59. The van der Waals surface area contributed by atoms with Crippen LogP contribution in [0.3, 0.4) is 0 Å². The standard InChI is InChI=1S/C15H13BrClFN2O/c1-20(2)14-6-4-10(17)8-13(14)19-15(21)11-7-9(16)3-5-12(11)18/h3-8H,1-2H3,(H,19,21). The topological polar surface area (TPSA) is 32.3 Å². The molecule has 21 heavy (non-hydrogen) atoms. The predicted octanol–water partition coefficient (Wildman–Crippen LogP) is 4.56. The fraction of sp³-hybridized carbons (Fsp3) is 0.133. The SMILES string of the molecule is CN(C)c1ccc(Cl)cc1NC(=O)c1cc(Br)ccc1F. The minimum atomic E-state index is -0.580. The zero-order valence-electron chi connectivity index (χ0n) is 11.5. The van der Waals surface area contributed by atoms with E-state index in [1.165, 1.54) is 18.2 Å². The number of halogens is 3. The largest absolute Gasteiger partial charge is 0.376 e. The molecule has 0 aromatic heterocycles. The van der Waals surface area contributed by atoms with Crippen LogP contribution in [0.1, 0.15) is 10.4 Å². The molecular weight excluding hydrogens is 359 g/mol. The molecule has 0 atom stereocenters. The molecule has 0 fully saturated rings. The number of amides is 1. The van der Waals surface area contributed by atoms with Gasteiger partial charge in [0.1, 0.15) is 5.82 Å². The van der Waals surface area contributed by atoms with Gasteiger partial charge in [0.25, 0.3) is 5.91 Å². The normalized spacial score (nSPS) is 10.3. The zero-order valence-corrected chi connectivity index (χ0v) is 13.8. The quantitative estimate of drug-likeness (QED) is 0.858. The summed E-state index contributed by atoms with van der Waals surface area (Å²) < 4.78 is 14.4. The van der Waals surface area contributed by atoms with Gasteiger partial charge in [-0.2, -0.15) is 0 Å². The Balaban J connectivity index is 2.35. The smallest absolute Gasteiger partial charge is 0.258 e. The van der Waals surface area contributed by atoms with Crippen LogP contribution in [0.4, 0.5) is 15.8 Å². The van der Waals surface area contributed by atoms with Crippen LogP contribution in [0.25, 0.3) is 0 Å². The van der Waals surface area contributed by atoms with Crippen molar-refractivity contribution in [2.45, 2.75) is 0 Å². The summed E-state index contributed by atoms with van der Waals surface area (Å²) in [5.74, 6) is -1.11. The van der Waals surface area contributed by atoms with Gasteiger partial charge in [0, 0.05) is 23.6 Å². The third-order valence-electron chi connectivity index (χ3n) is 2.86. The van der Waals surface area contributed by atoms with E-state index in [1.807, 2.05) is 19.0 Å². The molecule has 110 valence electrons. The van der Waals surface area contributed by atoms with Crippen molar-refractivity contribution in [1.82, 2.24) is 0 Å². The highest BCUT2D eigenvalue weighted by molar-refractivity contribution is 9.10. The number of carbonyl (C=O) groups excluding carboxylic acids is 1. The Morgan fingerprint density at radius 2 is 1.95 bits per heavy atom. The van der Waals surface area contributed by atoms with Gasteiger partial charge in [0.2, 0.25) is 0 Å². The maximum atomic E-state index is 13.7. The molecule has 0 spiro atoms. The average Bonchev–Trinajstić information content (AvgIpc) is 2.41. The molecule has 0 bridgehead atoms. The van der Waals surface area contributed by atoms with E-state index in [2.05, 4.69) is 21.2 Å². The van der Waals surface area contributed by atoms with E-state index in [1.54, 1.807) is 18.2 Å². The minimum absolute atomic E-state index is 0.0333. The number of hydrogen-bond acceptors (Lipinski definition) is 2. The van der Waals surface area contributed by atoms with Crippen LogP contribution in [0.2, 0.25) is 5.02 Å². The van der Waals surface area contributed by atoms with Gasteiger partial charge < -0.3 is 10.2 Å². The molecule has 0 aliphatic heterocycles. The van der Waals surface area contributed by atoms with E-state index in [0.717, 1.165) is 5.69 Å². The Kier molecular flexibility index (Phi) is 4.85. The number of anilines is 2. The molecule has 0 unspecified atom stereocenters. The maximum Gasteiger partial charge on any atom is 0.258 e. The lowest BCUT2D eigenvalue weighted by molar-refractivity contribution is 0.102. The van der Waals surface area contributed by atoms with Crippen molar-refractivity contribution in [2.24, 2.45) is 0 Å². The van der Waals surface area contributed by atoms with Crippen LogP contribution in [0, 0.1) is 5.82 Å². The first-order valence-corrected chi connectivity index (χ1v) is 7.29. The number of nitrogens with one attached hydrogen (secondary N) is 1. The van der Waals surface area contributed by atoms with Gasteiger partial charge >= 0.3 is 0 Å². The van der Waals surface area contributed by atoms with Crippen molar-refractivity contribution in [3.8, 4) is 0 Å². The minimum Gasteiger partial charge on any atom is -0.376 e. The summed E-state index contributed by atoms with van der Waals surface area (Å²) in [5.41, 5.74) is 1.27. The second-order valence-electron chi connectivity index (χ2n) is 4.63. The van der Waals surface area contributed by atoms with Crippen molar-refractivity contribution in [3.63, 3.8) is 0 Å². The first-order chi connectivity index (χ1) is 9.88. The summed E-state index contributed by atoms with van der Waals surface area (Å²) in [6.45, 7) is 0. The molecule has 2 aromatic carbocycles. The van der Waals surface area contributed by atoms with Gasteiger partial charge in [-0.3, -0.25) is 4.79 Å². The van der Waals surface area contributed by atoms with Gasteiger partial charge in [-0.15, -0.1) is 0 Å². The van der Waals surface area contributed by atoms with Crippen molar-refractivity contribution in [1.29, 1.82) is 0 Å². The molecule has 0 radical (unpaired) electrons. The molecule has 2 rings (SSSR count). The number of hydrogen-bond donors (Lipinski definition) is 1. The van der Waals surface area contributed by atoms with Gasteiger partial charge in [-0.05, 0) is 36.4 Å². The highest BCUT2D eigenvalue weighted by atomic mass is 79.9. The number of carbonyl (C=O) groups is 1. The van der Waals surface area contributed by atoms with E-state index >= 15 is 0 Å². The third kappa shape index (κ3) is 3.74. The lowest BCUT2D eigenvalue weighted by atomic mass is 10.2.